The Kier molecular flexibility index (Phi) is 3.60. The van der Waals surface area contributed by atoms with E-state index in [-0.39, 0.29) is 22.6 Å². The molecule has 1 aromatic rings. The maximum atomic E-state index is 10.7. The van der Waals surface area contributed by atoms with E-state index in [1.54, 1.807) is 0 Å². The minimum Gasteiger partial charge on any atom is -0.872 e. The van der Waals surface area contributed by atoms with Crippen LogP contribution < -0.4 is 10.2 Å². The molecule has 67 valence electrons. The van der Waals surface area contributed by atoms with Crippen LogP contribution in [0.2, 0.25) is 0 Å². The zero-order chi connectivity index (χ0) is 8.43. The van der Waals surface area contributed by atoms with E-state index >= 15 is 0 Å². The van der Waals surface area contributed by atoms with Crippen LogP contribution in [-0.4, -0.2) is 11.1 Å². The van der Waals surface area contributed by atoms with Crippen molar-refractivity contribution in [2.24, 2.45) is 0 Å². The molecular formula is C7H4CuO4. The number of aromatic carboxylic acids is 1. The fourth-order valence-electron chi connectivity index (χ4n) is 0.679. The quantitative estimate of drug-likeness (QED) is 0.642. The Hall–Kier alpha value is -1.19. The van der Waals surface area contributed by atoms with Crippen molar-refractivity contribution in [3.05, 3.63) is 23.8 Å². The van der Waals surface area contributed by atoms with Crippen LogP contribution in [-0.2, 0) is 17.1 Å². The summed E-state index contributed by atoms with van der Waals surface area (Å²) in [6.07, 6.45) is 0. The molecule has 0 aliphatic rings. The van der Waals surface area contributed by atoms with E-state index in [2.05, 4.69) is 0 Å². The number of rotatable bonds is 1. The van der Waals surface area contributed by atoms with Crippen LogP contribution in [0.3, 0.4) is 0 Å². The van der Waals surface area contributed by atoms with Crippen molar-refractivity contribution in [3.8, 4) is 11.5 Å². The molecule has 0 atom stereocenters. The first-order valence-electron chi connectivity index (χ1n) is 2.82. The van der Waals surface area contributed by atoms with E-state index in [0.717, 1.165) is 18.2 Å². The molecule has 0 aliphatic carbocycles. The van der Waals surface area contributed by atoms with Crippen LogP contribution >= 0.6 is 0 Å². The van der Waals surface area contributed by atoms with Crippen molar-refractivity contribution in [1.29, 1.82) is 0 Å². The van der Waals surface area contributed by atoms with Crippen LogP contribution in [0.25, 0.3) is 0 Å². The molecule has 0 saturated heterocycles. The Labute approximate surface area is 78.9 Å². The molecule has 4 nitrogen and oxygen atoms in total. The van der Waals surface area contributed by atoms with Gasteiger partial charge in [0, 0.05) is 0 Å². The molecule has 0 heterocycles. The molecule has 5 heteroatoms. The first kappa shape index (κ1) is 10.8. The van der Waals surface area contributed by atoms with Gasteiger partial charge in [0.15, 0.2) is 0 Å². The molecule has 0 saturated carbocycles. The molecule has 0 unspecified atom stereocenters. The maximum Gasteiger partial charge on any atom is 2.00 e. The summed E-state index contributed by atoms with van der Waals surface area (Å²) in [5.74, 6) is -2.53. The first-order chi connectivity index (χ1) is 5.11. The Morgan fingerprint density at radius 3 is 2.33 bits per heavy atom. The Morgan fingerprint density at radius 1 is 1.33 bits per heavy atom. The minimum atomic E-state index is -1.31. The standard InChI is InChI=1S/C7H6O4.Cu/c8-4-1-2-5(7(10)11)6(9)3-4;/h1-3,8-9H,(H,10,11);/q;+2/p-2. The number of carboxylic acids is 1. The third-order valence-electron chi connectivity index (χ3n) is 1.18. The Morgan fingerprint density at radius 2 is 1.92 bits per heavy atom. The van der Waals surface area contributed by atoms with Gasteiger partial charge in [-0.1, -0.05) is 17.9 Å². The summed E-state index contributed by atoms with van der Waals surface area (Å²) < 4.78 is 0. The van der Waals surface area contributed by atoms with Crippen LogP contribution in [0.15, 0.2) is 18.2 Å². The van der Waals surface area contributed by atoms with Gasteiger partial charge >= 0.3 is 23.0 Å². The van der Waals surface area contributed by atoms with Gasteiger partial charge in [0.2, 0.25) is 0 Å². The van der Waals surface area contributed by atoms with Gasteiger partial charge in [-0.25, -0.2) is 4.79 Å². The monoisotopic (exact) mass is 215 g/mol. The summed E-state index contributed by atoms with van der Waals surface area (Å²) in [5.41, 5.74) is -0.371. The molecule has 1 aromatic carbocycles. The Bertz CT molecular complexity index is 297. The third-order valence-corrected chi connectivity index (χ3v) is 1.18. The van der Waals surface area contributed by atoms with E-state index in [9.17, 15) is 15.0 Å². The summed E-state index contributed by atoms with van der Waals surface area (Å²) in [6, 6.07) is 2.81. The van der Waals surface area contributed by atoms with E-state index in [4.69, 9.17) is 5.11 Å². The molecule has 12 heavy (non-hydrogen) atoms. The van der Waals surface area contributed by atoms with Crippen LogP contribution in [0, 0.1) is 0 Å². The minimum absolute atomic E-state index is 0. The van der Waals surface area contributed by atoms with Crippen LogP contribution in [0.4, 0.5) is 0 Å². The summed E-state index contributed by atoms with van der Waals surface area (Å²) in [5, 5.41) is 29.5. The van der Waals surface area contributed by atoms with Gasteiger partial charge in [0.25, 0.3) is 0 Å². The number of carboxylic acid groups (broad SMARTS) is 1. The van der Waals surface area contributed by atoms with Gasteiger partial charge < -0.3 is 15.3 Å². The number of hydrogen-bond acceptors (Lipinski definition) is 3. The summed E-state index contributed by atoms with van der Waals surface area (Å²) in [6.45, 7) is 0. The van der Waals surface area contributed by atoms with E-state index in [1.165, 1.54) is 0 Å². The largest absolute Gasteiger partial charge is 2.00 e. The van der Waals surface area contributed by atoms with E-state index < -0.39 is 17.5 Å². The zero-order valence-electron chi connectivity index (χ0n) is 5.71. The molecule has 1 N–H and O–H groups in total. The predicted octanol–water partition coefficient (Wildman–Crippen LogP) is -0.471. The number of hydrogen-bond donors (Lipinski definition) is 1. The smallest absolute Gasteiger partial charge is 0.872 e. The second-order valence-corrected chi connectivity index (χ2v) is 1.96. The SMILES string of the molecule is O=C(O)c1ccc([O-])cc1[O-].[Cu+2]. The Balaban J connectivity index is 0.00000121. The second-order valence-electron chi connectivity index (χ2n) is 1.96. The summed E-state index contributed by atoms with van der Waals surface area (Å²) >= 11 is 0. The molecule has 0 bridgehead atoms. The average Bonchev–Trinajstić information content (AvgIpc) is 1.85. The van der Waals surface area contributed by atoms with Crippen molar-refractivity contribution in [3.63, 3.8) is 0 Å². The molecule has 0 spiro atoms. The first-order valence-corrected chi connectivity index (χ1v) is 2.82. The van der Waals surface area contributed by atoms with Gasteiger partial charge in [-0.3, -0.25) is 0 Å². The van der Waals surface area contributed by atoms with E-state index in [1.807, 2.05) is 0 Å². The fraction of sp³-hybridized carbons (Fsp3) is 0. The van der Waals surface area contributed by atoms with Crippen molar-refractivity contribution < 1.29 is 37.2 Å². The molecule has 1 radical (unpaired) electrons. The van der Waals surface area contributed by atoms with Crippen LogP contribution in [0.1, 0.15) is 10.4 Å². The van der Waals surface area contributed by atoms with E-state index in [0.29, 0.717) is 0 Å². The maximum absolute atomic E-state index is 10.7. The zero-order valence-corrected chi connectivity index (χ0v) is 6.65. The molecule has 0 aromatic heterocycles. The van der Waals surface area contributed by atoms with Gasteiger partial charge in [-0.2, -0.15) is 0 Å². The van der Waals surface area contributed by atoms with Crippen molar-refractivity contribution in [2.75, 3.05) is 0 Å². The van der Waals surface area contributed by atoms with Gasteiger partial charge in [0.05, 0.1) is 5.56 Å². The predicted molar refractivity (Wildman–Crippen MR) is 32.3 cm³/mol. The fourth-order valence-corrected chi connectivity index (χ4v) is 0.679. The van der Waals surface area contributed by atoms with Crippen molar-refractivity contribution in [2.45, 2.75) is 0 Å². The summed E-state index contributed by atoms with van der Waals surface area (Å²) in [4.78, 5) is 10.2. The summed E-state index contributed by atoms with van der Waals surface area (Å²) in [7, 11) is 0. The normalized spacial score (nSPS) is 8.67. The molecule has 1 rings (SSSR count). The third kappa shape index (κ3) is 2.15. The van der Waals surface area contributed by atoms with Crippen molar-refractivity contribution in [1.82, 2.24) is 0 Å². The molecule has 0 fully saturated rings. The average molecular weight is 216 g/mol. The molecule has 0 aliphatic heterocycles. The molecule has 0 amide bonds. The topological polar surface area (TPSA) is 83.4 Å². The van der Waals surface area contributed by atoms with Crippen LogP contribution in [0.5, 0.6) is 11.5 Å². The van der Waals surface area contributed by atoms with Gasteiger partial charge in [-0.15, -0.1) is 5.75 Å². The van der Waals surface area contributed by atoms with Gasteiger partial charge in [0.1, 0.15) is 0 Å². The van der Waals surface area contributed by atoms with Crippen molar-refractivity contribution >= 4 is 5.97 Å². The molecular weight excluding hydrogens is 212 g/mol. The number of benzene rings is 1. The number of carbonyl (C=O) groups is 1. The second kappa shape index (κ2) is 3.99. The van der Waals surface area contributed by atoms with Gasteiger partial charge in [-0.05, 0) is 6.07 Å².